The molecule has 0 aromatic heterocycles. The topological polar surface area (TPSA) is 44.1 Å². The highest BCUT2D eigenvalue weighted by Crippen LogP contribution is 2.21. The fraction of sp³-hybridized carbons (Fsp3) is 0.125. The van der Waals surface area contributed by atoms with Crippen molar-refractivity contribution in [3.05, 3.63) is 68.1 Å². The van der Waals surface area contributed by atoms with E-state index in [-0.39, 0.29) is 5.91 Å². The third kappa shape index (κ3) is 4.16. The molecule has 2 aromatic carbocycles. The molecule has 0 saturated carbocycles. The lowest BCUT2D eigenvalue weighted by atomic mass is 10.1. The molecule has 5 heteroatoms. The van der Waals surface area contributed by atoms with Crippen molar-refractivity contribution in [1.82, 2.24) is 4.90 Å². The Labute approximate surface area is 140 Å². The largest absolute Gasteiger partial charge is 0.337 e. The Hall–Kier alpha value is -1.64. The van der Waals surface area contributed by atoms with Gasteiger partial charge in [0, 0.05) is 28.1 Å². The van der Waals surface area contributed by atoms with Crippen molar-refractivity contribution in [1.29, 1.82) is 5.26 Å². The predicted molar refractivity (Wildman–Crippen MR) is 88.8 cm³/mol. The summed E-state index contributed by atoms with van der Waals surface area (Å²) < 4.78 is 1.71. The number of hydrogen-bond acceptors (Lipinski definition) is 2. The zero-order chi connectivity index (χ0) is 15.4. The Morgan fingerprint density at radius 3 is 2.24 bits per heavy atom. The van der Waals surface area contributed by atoms with Gasteiger partial charge in [-0.15, -0.1) is 0 Å². The molecule has 0 N–H and O–H groups in total. The molecular weight excluding hydrogens is 396 g/mol. The number of nitrogens with zero attached hydrogens (tertiary/aromatic N) is 2. The summed E-state index contributed by atoms with van der Waals surface area (Å²) >= 11 is 6.76. The number of rotatable bonds is 3. The van der Waals surface area contributed by atoms with E-state index in [2.05, 4.69) is 37.9 Å². The molecule has 0 unspecified atom stereocenters. The van der Waals surface area contributed by atoms with Crippen LogP contribution in [0.4, 0.5) is 0 Å². The molecule has 0 bridgehead atoms. The third-order valence-corrected chi connectivity index (χ3v) is 3.87. The summed E-state index contributed by atoms with van der Waals surface area (Å²) in [5, 5.41) is 8.78. The highest BCUT2D eigenvalue weighted by Gasteiger charge is 2.13. The molecule has 3 nitrogen and oxygen atoms in total. The first-order valence-corrected chi connectivity index (χ1v) is 7.79. The maximum atomic E-state index is 12.4. The first-order chi connectivity index (χ1) is 9.99. The van der Waals surface area contributed by atoms with E-state index in [1.165, 1.54) is 0 Å². The van der Waals surface area contributed by atoms with Crippen LogP contribution in [-0.2, 0) is 6.54 Å². The summed E-state index contributed by atoms with van der Waals surface area (Å²) in [5.74, 6) is -0.0543. The van der Waals surface area contributed by atoms with Crippen LogP contribution in [0.1, 0.15) is 21.5 Å². The highest BCUT2D eigenvalue weighted by atomic mass is 79.9. The molecule has 21 heavy (non-hydrogen) atoms. The lowest BCUT2D eigenvalue weighted by Crippen LogP contribution is -2.26. The van der Waals surface area contributed by atoms with E-state index in [0.717, 1.165) is 14.5 Å². The molecule has 0 radical (unpaired) electrons. The summed E-state index contributed by atoms with van der Waals surface area (Å²) in [4.78, 5) is 14.1. The van der Waals surface area contributed by atoms with Gasteiger partial charge in [-0.25, -0.2) is 0 Å². The molecule has 1 amide bonds. The van der Waals surface area contributed by atoms with Crippen molar-refractivity contribution in [2.75, 3.05) is 7.05 Å². The van der Waals surface area contributed by atoms with Crippen molar-refractivity contribution >= 4 is 37.8 Å². The van der Waals surface area contributed by atoms with Gasteiger partial charge in [0.25, 0.3) is 5.91 Å². The van der Waals surface area contributed by atoms with E-state index in [0.29, 0.717) is 17.7 Å². The molecule has 0 aliphatic heterocycles. The zero-order valence-corrected chi connectivity index (χ0v) is 14.5. The number of carbonyl (C=O) groups is 1. The predicted octanol–water partition coefficient (Wildman–Crippen LogP) is 4.36. The normalized spacial score (nSPS) is 10.0. The minimum atomic E-state index is -0.0543. The average Bonchev–Trinajstić information content (AvgIpc) is 2.46. The molecular formula is C16H12Br2N2O. The fourth-order valence-corrected chi connectivity index (χ4v) is 3.22. The average molecular weight is 408 g/mol. The van der Waals surface area contributed by atoms with Gasteiger partial charge in [0.05, 0.1) is 11.6 Å². The van der Waals surface area contributed by atoms with Gasteiger partial charge < -0.3 is 4.90 Å². The summed E-state index contributed by atoms with van der Waals surface area (Å²) in [6, 6.07) is 14.8. The van der Waals surface area contributed by atoms with E-state index in [1.807, 2.05) is 18.2 Å². The van der Waals surface area contributed by atoms with Gasteiger partial charge in [-0.1, -0.05) is 44.0 Å². The van der Waals surface area contributed by atoms with Crippen LogP contribution in [0.3, 0.4) is 0 Å². The smallest absolute Gasteiger partial charge is 0.253 e. The SMILES string of the molecule is CN(Cc1ccc(C#N)cc1)C(=O)c1cc(Br)cc(Br)c1. The Morgan fingerprint density at radius 2 is 1.71 bits per heavy atom. The first kappa shape index (κ1) is 15.7. The monoisotopic (exact) mass is 406 g/mol. The molecule has 0 heterocycles. The van der Waals surface area contributed by atoms with Gasteiger partial charge in [-0.2, -0.15) is 5.26 Å². The minimum absolute atomic E-state index is 0.0543. The number of carbonyl (C=O) groups excluding carboxylic acids is 1. The number of nitriles is 1. The van der Waals surface area contributed by atoms with E-state index in [4.69, 9.17) is 5.26 Å². The van der Waals surface area contributed by atoms with Gasteiger partial charge in [0.1, 0.15) is 0 Å². The summed E-state index contributed by atoms with van der Waals surface area (Å²) in [6.45, 7) is 0.495. The molecule has 0 spiro atoms. The van der Waals surface area contributed by atoms with E-state index in [1.54, 1.807) is 36.2 Å². The first-order valence-electron chi connectivity index (χ1n) is 6.20. The zero-order valence-electron chi connectivity index (χ0n) is 11.3. The maximum Gasteiger partial charge on any atom is 0.253 e. The Morgan fingerprint density at radius 1 is 1.14 bits per heavy atom. The fourth-order valence-electron chi connectivity index (χ4n) is 1.93. The van der Waals surface area contributed by atoms with Crippen LogP contribution in [0.2, 0.25) is 0 Å². The molecule has 2 aromatic rings. The summed E-state index contributed by atoms with van der Waals surface area (Å²) in [7, 11) is 1.76. The summed E-state index contributed by atoms with van der Waals surface area (Å²) in [6.07, 6.45) is 0. The Kier molecular flexibility index (Phi) is 5.16. The molecule has 106 valence electrons. The number of benzene rings is 2. The molecule has 0 aliphatic carbocycles. The van der Waals surface area contributed by atoms with Crippen molar-refractivity contribution in [3.63, 3.8) is 0 Å². The van der Waals surface area contributed by atoms with Crippen LogP contribution in [0.5, 0.6) is 0 Å². The van der Waals surface area contributed by atoms with Crippen LogP contribution in [0.15, 0.2) is 51.4 Å². The summed E-state index contributed by atoms with van der Waals surface area (Å²) in [5.41, 5.74) is 2.22. The van der Waals surface area contributed by atoms with Crippen LogP contribution in [0.25, 0.3) is 0 Å². The minimum Gasteiger partial charge on any atom is -0.337 e. The van der Waals surface area contributed by atoms with Crippen LogP contribution in [0, 0.1) is 11.3 Å². The second-order valence-electron chi connectivity index (χ2n) is 4.63. The molecule has 0 saturated heterocycles. The van der Waals surface area contributed by atoms with Gasteiger partial charge >= 0.3 is 0 Å². The highest BCUT2D eigenvalue weighted by molar-refractivity contribution is 9.11. The second-order valence-corrected chi connectivity index (χ2v) is 6.46. The Balaban J connectivity index is 2.13. The molecule has 0 fully saturated rings. The lowest BCUT2D eigenvalue weighted by molar-refractivity contribution is 0.0785. The lowest BCUT2D eigenvalue weighted by Gasteiger charge is -2.17. The number of amides is 1. The number of hydrogen-bond donors (Lipinski definition) is 0. The molecule has 0 atom stereocenters. The van der Waals surface area contributed by atoms with E-state index >= 15 is 0 Å². The van der Waals surface area contributed by atoms with Crippen LogP contribution in [-0.4, -0.2) is 17.9 Å². The van der Waals surface area contributed by atoms with Gasteiger partial charge in [-0.3, -0.25) is 4.79 Å². The van der Waals surface area contributed by atoms with E-state index in [9.17, 15) is 4.79 Å². The van der Waals surface area contributed by atoms with Crippen molar-refractivity contribution in [2.45, 2.75) is 6.54 Å². The maximum absolute atomic E-state index is 12.4. The number of halogens is 2. The molecule has 0 aliphatic rings. The Bertz CT molecular complexity index is 685. The molecule has 2 rings (SSSR count). The quantitative estimate of drug-likeness (QED) is 0.758. The van der Waals surface area contributed by atoms with Crippen LogP contribution >= 0.6 is 31.9 Å². The third-order valence-electron chi connectivity index (χ3n) is 2.96. The van der Waals surface area contributed by atoms with Gasteiger partial charge in [0.15, 0.2) is 0 Å². The van der Waals surface area contributed by atoms with Gasteiger partial charge in [-0.05, 0) is 35.9 Å². The van der Waals surface area contributed by atoms with Crippen molar-refractivity contribution in [2.24, 2.45) is 0 Å². The van der Waals surface area contributed by atoms with Crippen LogP contribution < -0.4 is 0 Å². The standard InChI is InChI=1S/C16H12Br2N2O/c1-20(10-12-4-2-11(9-19)3-5-12)16(21)13-6-14(17)8-15(18)7-13/h2-8H,10H2,1H3. The van der Waals surface area contributed by atoms with E-state index < -0.39 is 0 Å². The second kappa shape index (κ2) is 6.88. The van der Waals surface area contributed by atoms with Crippen molar-refractivity contribution in [3.8, 4) is 6.07 Å². The van der Waals surface area contributed by atoms with Crippen molar-refractivity contribution < 1.29 is 4.79 Å². The van der Waals surface area contributed by atoms with Gasteiger partial charge in [0.2, 0.25) is 0 Å².